The van der Waals surface area contributed by atoms with Crippen molar-refractivity contribution in [3.05, 3.63) is 77.6 Å². The molecule has 1 aromatic carbocycles. The maximum Gasteiger partial charge on any atom is 0.434 e. The van der Waals surface area contributed by atoms with Crippen molar-refractivity contribution in [3.8, 4) is 5.69 Å². The molecule has 2 heterocycles. The number of alkyl halides is 3. The normalized spacial score (nSPS) is 11.4. The van der Waals surface area contributed by atoms with E-state index in [4.69, 9.17) is 0 Å². The molecule has 0 bridgehead atoms. The number of carbonyl (C=O) groups excluding carboxylic acids is 1. The number of nitrogens with one attached hydrogen (secondary N) is 1. The monoisotopic (exact) mass is 364 g/mol. The molecule has 5 nitrogen and oxygen atoms in total. The highest BCUT2D eigenvalue weighted by Gasteiger charge is 2.40. The molecule has 1 N–H and O–H groups in total. The zero-order valence-electron chi connectivity index (χ0n) is 13.2. The van der Waals surface area contributed by atoms with E-state index in [1.165, 1.54) is 6.20 Å². The molecule has 0 aliphatic rings. The summed E-state index contributed by atoms with van der Waals surface area (Å²) in [6, 6.07) is 9.32. The predicted octanol–water partition coefficient (Wildman–Crippen LogP) is 3.36. The van der Waals surface area contributed by atoms with Crippen molar-refractivity contribution in [3.63, 3.8) is 0 Å². The third kappa shape index (κ3) is 3.71. The van der Waals surface area contributed by atoms with Crippen LogP contribution in [0.2, 0.25) is 0 Å². The quantitative estimate of drug-likeness (QED) is 0.723. The second-order valence-electron chi connectivity index (χ2n) is 5.30. The van der Waals surface area contributed by atoms with Gasteiger partial charge < -0.3 is 5.32 Å². The number of carbonyl (C=O) groups is 1. The number of rotatable bonds is 4. The van der Waals surface area contributed by atoms with E-state index in [1.54, 1.807) is 18.2 Å². The first-order chi connectivity index (χ1) is 12.4. The van der Waals surface area contributed by atoms with Crippen LogP contribution in [-0.4, -0.2) is 20.7 Å². The molecule has 0 fully saturated rings. The first kappa shape index (κ1) is 17.6. The van der Waals surface area contributed by atoms with Gasteiger partial charge in [0.05, 0.1) is 29.7 Å². The lowest BCUT2D eigenvalue weighted by atomic mass is 10.2. The maximum atomic E-state index is 13.5. The molecule has 0 aliphatic heterocycles. The molecule has 1 amide bonds. The van der Waals surface area contributed by atoms with E-state index in [0.717, 1.165) is 30.5 Å². The van der Waals surface area contributed by atoms with Crippen LogP contribution in [0.3, 0.4) is 0 Å². The zero-order valence-corrected chi connectivity index (χ0v) is 13.2. The third-order valence-electron chi connectivity index (χ3n) is 3.51. The Labute approximate surface area is 145 Å². The van der Waals surface area contributed by atoms with E-state index >= 15 is 0 Å². The van der Waals surface area contributed by atoms with Gasteiger partial charge in [0.15, 0.2) is 5.69 Å². The van der Waals surface area contributed by atoms with Crippen molar-refractivity contribution < 1.29 is 22.4 Å². The summed E-state index contributed by atoms with van der Waals surface area (Å²) in [7, 11) is 0. The summed E-state index contributed by atoms with van der Waals surface area (Å²) >= 11 is 0. The van der Waals surface area contributed by atoms with Gasteiger partial charge in [-0.1, -0.05) is 6.07 Å². The van der Waals surface area contributed by atoms with Crippen LogP contribution in [0.1, 0.15) is 21.7 Å². The van der Waals surface area contributed by atoms with Gasteiger partial charge in [0.2, 0.25) is 0 Å². The molecule has 134 valence electrons. The fourth-order valence-corrected chi connectivity index (χ4v) is 2.33. The van der Waals surface area contributed by atoms with E-state index in [1.807, 2.05) is 0 Å². The van der Waals surface area contributed by atoms with E-state index in [0.29, 0.717) is 10.4 Å². The molecular formula is C17H12F4N4O. The van der Waals surface area contributed by atoms with Crippen molar-refractivity contribution in [2.45, 2.75) is 12.7 Å². The van der Waals surface area contributed by atoms with Crippen molar-refractivity contribution in [2.75, 3.05) is 0 Å². The van der Waals surface area contributed by atoms with Crippen molar-refractivity contribution in [1.82, 2.24) is 20.1 Å². The fourth-order valence-electron chi connectivity index (χ4n) is 2.33. The molecule has 2 aromatic heterocycles. The van der Waals surface area contributed by atoms with Crippen LogP contribution in [0.25, 0.3) is 5.69 Å². The van der Waals surface area contributed by atoms with E-state index in [2.05, 4.69) is 15.4 Å². The Morgan fingerprint density at radius 2 is 1.85 bits per heavy atom. The molecule has 3 rings (SSSR count). The van der Waals surface area contributed by atoms with Crippen LogP contribution in [0.4, 0.5) is 17.6 Å². The molecule has 0 unspecified atom stereocenters. The first-order valence-electron chi connectivity index (χ1n) is 7.45. The van der Waals surface area contributed by atoms with E-state index in [9.17, 15) is 22.4 Å². The summed E-state index contributed by atoms with van der Waals surface area (Å²) in [6.07, 6.45) is -2.49. The highest BCUT2D eigenvalue weighted by Crippen LogP contribution is 2.33. The lowest BCUT2D eigenvalue weighted by molar-refractivity contribution is -0.143. The molecule has 0 spiro atoms. The van der Waals surface area contributed by atoms with Gasteiger partial charge in [-0.3, -0.25) is 9.78 Å². The molecular weight excluding hydrogens is 352 g/mol. The standard InChI is InChI=1S/C17H12F4N4O/c18-11-4-6-13(7-5-11)25-15(17(19,20)21)14(10-24-25)16(26)23-9-12-3-1-2-8-22-12/h1-8,10H,9H2,(H,23,26). The number of halogens is 4. The molecule has 3 aromatic rings. The predicted molar refractivity (Wildman–Crippen MR) is 83.9 cm³/mol. The Morgan fingerprint density at radius 3 is 2.46 bits per heavy atom. The molecule has 26 heavy (non-hydrogen) atoms. The number of hydrogen-bond acceptors (Lipinski definition) is 3. The van der Waals surface area contributed by atoms with Gasteiger partial charge >= 0.3 is 6.18 Å². The number of benzene rings is 1. The number of amides is 1. The van der Waals surface area contributed by atoms with Crippen LogP contribution in [0.5, 0.6) is 0 Å². The van der Waals surface area contributed by atoms with Crippen LogP contribution in [0.15, 0.2) is 54.9 Å². The molecule has 0 saturated carbocycles. The van der Waals surface area contributed by atoms with Crippen molar-refractivity contribution >= 4 is 5.91 Å². The minimum atomic E-state index is -4.83. The Morgan fingerprint density at radius 1 is 1.12 bits per heavy atom. The number of pyridine rings is 1. The molecule has 0 saturated heterocycles. The maximum absolute atomic E-state index is 13.5. The topological polar surface area (TPSA) is 59.8 Å². The Bertz CT molecular complexity index is 905. The molecule has 0 atom stereocenters. The summed E-state index contributed by atoms with van der Waals surface area (Å²) in [5.74, 6) is -1.53. The van der Waals surface area contributed by atoms with Crippen LogP contribution < -0.4 is 5.32 Å². The number of nitrogens with zero attached hydrogens (tertiary/aromatic N) is 3. The second kappa shape index (κ2) is 6.95. The smallest absolute Gasteiger partial charge is 0.346 e. The van der Waals surface area contributed by atoms with Gasteiger partial charge in [0.25, 0.3) is 5.91 Å². The molecule has 0 aliphatic carbocycles. The van der Waals surface area contributed by atoms with Crippen LogP contribution >= 0.6 is 0 Å². The highest BCUT2D eigenvalue weighted by molar-refractivity contribution is 5.95. The van der Waals surface area contributed by atoms with Gasteiger partial charge in [-0.05, 0) is 36.4 Å². The average Bonchev–Trinajstić information content (AvgIpc) is 3.07. The van der Waals surface area contributed by atoms with Gasteiger partial charge in [0.1, 0.15) is 5.82 Å². The van der Waals surface area contributed by atoms with Gasteiger partial charge in [0, 0.05) is 6.20 Å². The number of aromatic nitrogens is 3. The van der Waals surface area contributed by atoms with Crippen LogP contribution in [-0.2, 0) is 12.7 Å². The lowest BCUT2D eigenvalue weighted by Crippen LogP contribution is -2.26. The van der Waals surface area contributed by atoms with Gasteiger partial charge in [-0.2, -0.15) is 18.3 Å². The van der Waals surface area contributed by atoms with E-state index in [-0.39, 0.29) is 12.2 Å². The Hall–Kier alpha value is -3.23. The van der Waals surface area contributed by atoms with Gasteiger partial charge in [-0.25, -0.2) is 9.07 Å². The molecule has 9 heteroatoms. The minimum Gasteiger partial charge on any atom is -0.346 e. The zero-order chi connectivity index (χ0) is 18.7. The SMILES string of the molecule is O=C(NCc1ccccn1)c1cnn(-c2ccc(F)cc2)c1C(F)(F)F. The summed E-state index contributed by atoms with van der Waals surface area (Å²) in [6.45, 7) is -0.0291. The first-order valence-corrected chi connectivity index (χ1v) is 7.45. The summed E-state index contributed by atoms with van der Waals surface area (Å²) < 4.78 is 54.1. The fraction of sp³-hybridized carbons (Fsp3) is 0.118. The van der Waals surface area contributed by atoms with Crippen molar-refractivity contribution in [2.24, 2.45) is 0 Å². The molecule has 0 radical (unpaired) electrons. The Balaban J connectivity index is 1.92. The summed E-state index contributed by atoms with van der Waals surface area (Å²) in [5, 5.41) is 6.04. The lowest BCUT2D eigenvalue weighted by Gasteiger charge is -2.13. The van der Waals surface area contributed by atoms with Crippen molar-refractivity contribution in [1.29, 1.82) is 0 Å². The Kier molecular flexibility index (Phi) is 4.70. The third-order valence-corrected chi connectivity index (χ3v) is 3.51. The minimum absolute atomic E-state index is 0.0116. The van der Waals surface area contributed by atoms with Gasteiger partial charge in [-0.15, -0.1) is 0 Å². The highest BCUT2D eigenvalue weighted by atomic mass is 19.4. The summed E-state index contributed by atoms with van der Waals surface area (Å²) in [5.41, 5.74) is -1.37. The largest absolute Gasteiger partial charge is 0.434 e. The number of hydrogen-bond donors (Lipinski definition) is 1. The second-order valence-corrected chi connectivity index (χ2v) is 5.30. The summed E-state index contributed by atoms with van der Waals surface area (Å²) in [4.78, 5) is 16.2. The van der Waals surface area contributed by atoms with Crippen LogP contribution in [0, 0.1) is 5.82 Å². The average molecular weight is 364 g/mol. The van der Waals surface area contributed by atoms with E-state index < -0.39 is 29.2 Å².